The molecule has 1 saturated heterocycles. The van der Waals surface area contributed by atoms with E-state index in [1.807, 2.05) is 0 Å². The highest BCUT2D eigenvalue weighted by Gasteiger charge is 2.29. The molecule has 1 rings (SSSR count). The molecule has 19 heavy (non-hydrogen) atoms. The maximum absolute atomic E-state index is 11.1. The van der Waals surface area contributed by atoms with E-state index in [2.05, 4.69) is 29.0 Å². The van der Waals surface area contributed by atoms with Gasteiger partial charge in [0.05, 0.1) is 0 Å². The van der Waals surface area contributed by atoms with E-state index in [1.54, 1.807) is 0 Å². The Morgan fingerprint density at radius 1 is 1.42 bits per heavy atom. The Kier molecular flexibility index (Phi) is 6.24. The van der Waals surface area contributed by atoms with Crippen LogP contribution >= 0.6 is 0 Å². The quantitative estimate of drug-likeness (QED) is 0.681. The highest BCUT2D eigenvalue weighted by molar-refractivity contribution is 5.82. The van der Waals surface area contributed by atoms with Gasteiger partial charge in [0.25, 0.3) is 0 Å². The average Bonchev–Trinajstić information content (AvgIpc) is 2.78. The maximum Gasteiger partial charge on any atom is 0.327 e. The van der Waals surface area contributed by atoms with Gasteiger partial charge in [0.1, 0.15) is 6.04 Å². The number of amides is 1. The van der Waals surface area contributed by atoms with E-state index >= 15 is 0 Å². The summed E-state index contributed by atoms with van der Waals surface area (Å²) in [6.07, 6.45) is 1.06. The molecule has 2 atom stereocenters. The van der Waals surface area contributed by atoms with Gasteiger partial charge in [-0.05, 0) is 26.1 Å². The number of carbonyl (C=O) groups is 2. The largest absolute Gasteiger partial charge is 0.480 e. The fourth-order valence-corrected chi connectivity index (χ4v) is 2.71. The van der Waals surface area contributed by atoms with Crippen molar-refractivity contribution >= 4 is 11.9 Å². The van der Waals surface area contributed by atoms with Crippen molar-refractivity contribution in [2.75, 3.05) is 32.7 Å². The number of carboxylic acids is 1. The van der Waals surface area contributed by atoms with Crippen molar-refractivity contribution in [3.05, 3.63) is 0 Å². The zero-order chi connectivity index (χ0) is 14.4. The van der Waals surface area contributed by atoms with E-state index in [0.717, 1.165) is 32.6 Å². The molecule has 1 amide bonds. The van der Waals surface area contributed by atoms with Gasteiger partial charge in [0, 0.05) is 26.1 Å². The first-order valence-electron chi connectivity index (χ1n) is 6.94. The van der Waals surface area contributed by atoms with Crippen LogP contribution in [0.3, 0.4) is 0 Å². The van der Waals surface area contributed by atoms with E-state index in [4.69, 9.17) is 5.11 Å². The molecule has 0 aromatic rings. The van der Waals surface area contributed by atoms with Gasteiger partial charge in [-0.2, -0.15) is 0 Å². The van der Waals surface area contributed by atoms with Gasteiger partial charge in [0.15, 0.2) is 0 Å². The molecular weight excluding hydrogens is 246 g/mol. The number of hydrogen-bond acceptors (Lipinski definition) is 4. The molecule has 2 N–H and O–H groups in total. The third-order valence-corrected chi connectivity index (χ3v) is 3.69. The van der Waals surface area contributed by atoms with Crippen LogP contribution in [0.4, 0.5) is 0 Å². The molecule has 1 heterocycles. The van der Waals surface area contributed by atoms with Crippen LogP contribution in [0.25, 0.3) is 0 Å². The van der Waals surface area contributed by atoms with Gasteiger partial charge in [-0.1, -0.05) is 13.8 Å². The van der Waals surface area contributed by atoms with E-state index in [0.29, 0.717) is 12.6 Å². The maximum atomic E-state index is 11.1. The lowest BCUT2D eigenvalue weighted by molar-refractivity contribution is -0.142. The molecule has 0 radical (unpaired) electrons. The first-order chi connectivity index (χ1) is 8.97. The number of rotatable bonds is 7. The fourth-order valence-electron chi connectivity index (χ4n) is 2.71. The Morgan fingerprint density at radius 3 is 2.53 bits per heavy atom. The standard InChI is InChI=1S/C13H25N3O3/c1-4-16(5-2)11-6-7-15(8-11)9-12(13(18)19)14-10(3)17/h11-12H,4-9H2,1-3H3,(H,14,17)(H,18,19). The van der Waals surface area contributed by atoms with Crippen LogP contribution in [0, 0.1) is 0 Å². The molecule has 1 fully saturated rings. The van der Waals surface area contributed by atoms with E-state index in [9.17, 15) is 9.59 Å². The highest BCUT2D eigenvalue weighted by Crippen LogP contribution is 2.15. The van der Waals surface area contributed by atoms with Crippen molar-refractivity contribution in [3.8, 4) is 0 Å². The van der Waals surface area contributed by atoms with Gasteiger partial charge < -0.3 is 10.4 Å². The Bertz CT molecular complexity index is 318. The van der Waals surface area contributed by atoms with Crippen LogP contribution < -0.4 is 5.32 Å². The SMILES string of the molecule is CCN(CC)C1CCN(CC(NC(C)=O)C(=O)O)C1. The number of aliphatic carboxylic acids is 1. The molecule has 0 saturated carbocycles. The predicted octanol–water partition coefficient (Wildman–Crippen LogP) is -0.00820. The number of nitrogens with one attached hydrogen (secondary N) is 1. The summed E-state index contributed by atoms with van der Waals surface area (Å²) < 4.78 is 0. The van der Waals surface area contributed by atoms with Crippen LogP contribution in [0.5, 0.6) is 0 Å². The molecule has 6 nitrogen and oxygen atoms in total. The molecule has 0 spiro atoms. The second kappa shape index (κ2) is 7.45. The zero-order valence-corrected chi connectivity index (χ0v) is 12.1. The minimum Gasteiger partial charge on any atom is -0.480 e. The molecule has 0 aromatic heterocycles. The highest BCUT2D eigenvalue weighted by atomic mass is 16.4. The summed E-state index contributed by atoms with van der Waals surface area (Å²) in [5.74, 6) is -1.27. The lowest BCUT2D eigenvalue weighted by Crippen LogP contribution is -2.48. The Balaban J connectivity index is 2.49. The second-order valence-corrected chi connectivity index (χ2v) is 5.01. The molecule has 0 bridgehead atoms. The Hall–Kier alpha value is -1.14. The van der Waals surface area contributed by atoms with E-state index in [1.165, 1.54) is 6.92 Å². The van der Waals surface area contributed by atoms with Crippen LogP contribution in [0.1, 0.15) is 27.2 Å². The summed E-state index contributed by atoms with van der Waals surface area (Å²) in [5.41, 5.74) is 0. The van der Waals surface area contributed by atoms with Gasteiger partial charge >= 0.3 is 5.97 Å². The second-order valence-electron chi connectivity index (χ2n) is 5.01. The first kappa shape index (κ1) is 15.9. The smallest absolute Gasteiger partial charge is 0.327 e. The van der Waals surface area contributed by atoms with Gasteiger partial charge in [0.2, 0.25) is 5.91 Å². The van der Waals surface area contributed by atoms with Crippen LogP contribution in [-0.4, -0.2) is 71.6 Å². The lowest BCUT2D eigenvalue weighted by atomic mass is 10.2. The number of hydrogen-bond donors (Lipinski definition) is 2. The molecule has 1 aliphatic heterocycles. The van der Waals surface area contributed by atoms with Crippen molar-refractivity contribution < 1.29 is 14.7 Å². The van der Waals surface area contributed by atoms with Gasteiger partial charge in [-0.15, -0.1) is 0 Å². The number of likely N-dealkylation sites (N-methyl/N-ethyl adjacent to an activating group) is 1. The number of carbonyl (C=O) groups excluding carboxylic acids is 1. The van der Waals surface area contributed by atoms with Crippen molar-refractivity contribution in [3.63, 3.8) is 0 Å². The van der Waals surface area contributed by atoms with Crippen molar-refractivity contribution in [1.82, 2.24) is 15.1 Å². The van der Waals surface area contributed by atoms with Crippen LogP contribution in [-0.2, 0) is 9.59 Å². The number of carboxylic acid groups (broad SMARTS) is 1. The summed E-state index contributed by atoms with van der Waals surface area (Å²) in [5, 5.41) is 11.6. The number of nitrogens with zero attached hydrogens (tertiary/aromatic N) is 2. The van der Waals surface area contributed by atoms with Crippen molar-refractivity contribution in [2.45, 2.75) is 39.3 Å². The molecule has 1 aliphatic rings. The van der Waals surface area contributed by atoms with Crippen LogP contribution in [0.2, 0.25) is 0 Å². The van der Waals surface area contributed by atoms with Crippen LogP contribution in [0.15, 0.2) is 0 Å². The van der Waals surface area contributed by atoms with E-state index in [-0.39, 0.29) is 5.91 Å². The summed E-state index contributed by atoms with van der Waals surface area (Å²) in [4.78, 5) is 26.6. The average molecular weight is 271 g/mol. The first-order valence-corrected chi connectivity index (χ1v) is 6.94. The monoisotopic (exact) mass is 271 g/mol. The fraction of sp³-hybridized carbons (Fsp3) is 0.846. The Labute approximate surface area is 114 Å². The molecule has 6 heteroatoms. The lowest BCUT2D eigenvalue weighted by Gasteiger charge is -2.27. The summed E-state index contributed by atoms with van der Waals surface area (Å²) in [6, 6.07) is -0.310. The molecule has 2 unspecified atom stereocenters. The minimum atomic E-state index is -0.971. The molecule has 110 valence electrons. The summed E-state index contributed by atoms with van der Waals surface area (Å²) >= 11 is 0. The molecule has 0 aromatic carbocycles. The van der Waals surface area contributed by atoms with Crippen molar-refractivity contribution in [1.29, 1.82) is 0 Å². The predicted molar refractivity (Wildman–Crippen MR) is 73.0 cm³/mol. The van der Waals surface area contributed by atoms with E-state index < -0.39 is 12.0 Å². The van der Waals surface area contributed by atoms with Gasteiger partial charge in [-0.25, -0.2) is 4.79 Å². The van der Waals surface area contributed by atoms with Gasteiger partial charge in [-0.3, -0.25) is 14.6 Å². The third kappa shape index (κ3) is 4.80. The summed E-state index contributed by atoms with van der Waals surface area (Å²) in [7, 11) is 0. The molecular formula is C13H25N3O3. The molecule has 0 aliphatic carbocycles. The minimum absolute atomic E-state index is 0.299. The summed E-state index contributed by atoms with van der Waals surface area (Å²) in [6.45, 7) is 9.82. The van der Waals surface area contributed by atoms with Crippen molar-refractivity contribution in [2.24, 2.45) is 0 Å². The number of likely N-dealkylation sites (tertiary alicyclic amines) is 1. The third-order valence-electron chi connectivity index (χ3n) is 3.69. The normalized spacial score (nSPS) is 21.6. The zero-order valence-electron chi connectivity index (χ0n) is 12.1. The Morgan fingerprint density at radius 2 is 2.05 bits per heavy atom. The topological polar surface area (TPSA) is 72.9 Å².